The van der Waals surface area contributed by atoms with E-state index in [9.17, 15) is 0 Å². The molecule has 1 fully saturated rings. The predicted molar refractivity (Wildman–Crippen MR) is 76.5 cm³/mol. The molecule has 2 rings (SSSR count). The molecular weight excluding hydrogens is 241 g/mol. The van der Waals surface area contributed by atoms with Crippen molar-refractivity contribution in [2.24, 2.45) is 0 Å². The number of nitrogens with zero attached hydrogens (tertiary/aromatic N) is 2. The van der Waals surface area contributed by atoms with E-state index in [1.807, 2.05) is 27.7 Å². The van der Waals surface area contributed by atoms with E-state index in [-0.39, 0.29) is 11.2 Å². The minimum atomic E-state index is -0.398. The first-order valence-corrected chi connectivity index (χ1v) is 6.77. The van der Waals surface area contributed by atoms with Gasteiger partial charge in [-0.25, -0.2) is 9.97 Å². The monoisotopic (exact) mass is 263 g/mol. The van der Waals surface area contributed by atoms with Crippen LogP contribution in [0.5, 0.6) is 0 Å². The van der Waals surface area contributed by atoms with Crippen molar-refractivity contribution in [2.45, 2.75) is 52.2 Å². The Morgan fingerprint density at radius 3 is 2.11 bits per heavy atom. The second-order valence-corrected chi connectivity index (χ2v) is 5.86. The van der Waals surface area contributed by atoms with Crippen LogP contribution in [0, 0.1) is 0 Å². The van der Waals surface area contributed by atoms with E-state index in [1.165, 1.54) is 0 Å². The maximum atomic E-state index is 5.95. The van der Waals surface area contributed by atoms with E-state index in [1.54, 1.807) is 12.4 Å². The van der Waals surface area contributed by atoms with E-state index in [2.05, 4.69) is 22.2 Å². The van der Waals surface area contributed by atoms with Gasteiger partial charge in [0.2, 0.25) is 5.95 Å². The van der Waals surface area contributed by atoms with Crippen molar-refractivity contribution in [1.82, 2.24) is 9.97 Å². The molecule has 0 amide bonds. The summed E-state index contributed by atoms with van der Waals surface area (Å²) >= 11 is 0. The van der Waals surface area contributed by atoms with Crippen molar-refractivity contribution < 1.29 is 9.31 Å². The highest BCUT2D eigenvalue weighted by atomic mass is 16.7. The van der Waals surface area contributed by atoms with E-state index in [4.69, 9.17) is 9.31 Å². The lowest BCUT2D eigenvalue weighted by Gasteiger charge is -2.32. The molecule has 1 aliphatic rings. The molecule has 0 unspecified atom stereocenters. The molecule has 5 nitrogen and oxygen atoms in total. The molecule has 0 bridgehead atoms. The quantitative estimate of drug-likeness (QED) is 0.836. The van der Waals surface area contributed by atoms with Crippen molar-refractivity contribution in [2.75, 3.05) is 11.9 Å². The number of aromatic nitrogens is 2. The Kier molecular flexibility index (Phi) is 3.83. The lowest BCUT2D eigenvalue weighted by Crippen LogP contribution is -2.41. The van der Waals surface area contributed by atoms with Gasteiger partial charge < -0.3 is 14.6 Å². The summed E-state index contributed by atoms with van der Waals surface area (Å²) in [4.78, 5) is 8.55. The van der Waals surface area contributed by atoms with Crippen molar-refractivity contribution in [1.29, 1.82) is 0 Å². The molecule has 1 N–H and O–H groups in total. The normalized spacial score (nSPS) is 20.6. The first kappa shape index (κ1) is 14.3. The van der Waals surface area contributed by atoms with Crippen LogP contribution in [-0.4, -0.2) is 34.8 Å². The lowest BCUT2D eigenvalue weighted by atomic mass is 9.81. The van der Waals surface area contributed by atoms with Crippen molar-refractivity contribution in [3.63, 3.8) is 0 Å². The molecule has 0 atom stereocenters. The van der Waals surface area contributed by atoms with Crippen LogP contribution >= 0.6 is 0 Å². The SMILES string of the molecule is CCCNc1ncc(B2OC(C)(C)C(C)(C)O2)cn1. The summed E-state index contributed by atoms with van der Waals surface area (Å²) in [5.74, 6) is 0.641. The van der Waals surface area contributed by atoms with E-state index in [0.717, 1.165) is 18.4 Å². The molecule has 2 heterocycles. The number of hydrogen-bond acceptors (Lipinski definition) is 5. The Labute approximate surface area is 115 Å². The van der Waals surface area contributed by atoms with Gasteiger partial charge in [0.15, 0.2) is 0 Å². The lowest BCUT2D eigenvalue weighted by molar-refractivity contribution is 0.00578. The maximum absolute atomic E-state index is 5.95. The average Bonchev–Trinajstić information content (AvgIpc) is 2.56. The molecule has 1 aromatic heterocycles. The zero-order valence-electron chi connectivity index (χ0n) is 12.4. The van der Waals surface area contributed by atoms with Crippen LogP contribution in [0.25, 0.3) is 0 Å². The van der Waals surface area contributed by atoms with Crippen LogP contribution in [0.2, 0.25) is 0 Å². The summed E-state index contributed by atoms with van der Waals surface area (Å²) in [6, 6.07) is 0. The van der Waals surface area contributed by atoms with Crippen LogP contribution < -0.4 is 10.8 Å². The fraction of sp³-hybridized carbons (Fsp3) is 0.692. The standard InChI is InChI=1S/C13H22BN3O2/c1-6-7-15-11-16-8-10(9-17-11)14-18-12(2,3)13(4,5)19-14/h8-9H,6-7H2,1-5H3,(H,15,16,17). The summed E-state index contributed by atoms with van der Waals surface area (Å²) in [6.45, 7) is 11.1. The van der Waals surface area contributed by atoms with Crippen LogP contribution in [0.3, 0.4) is 0 Å². The minimum absolute atomic E-state index is 0.337. The predicted octanol–water partition coefficient (Wildman–Crippen LogP) is 1.60. The smallest absolute Gasteiger partial charge is 0.399 e. The van der Waals surface area contributed by atoms with Crippen LogP contribution in [0.15, 0.2) is 12.4 Å². The van der Waals surface area contributed by atoms with Crippen LogP contribution in [-0.2, 0) is 9.31 Å². The third-order valence-electron chi connectivity index (χ3n) is 3.73. The van der Waals surface area contributed by atoms with Gasteiger partial charge in [0, 0.05) is 24.4 Å². The molecule has 0 saturated carbocycles. The second kappa shape index (κ2) is 5.09. The molecule has 104 valence electrons. The molecule has 1 saturated heterocycles. The summed E-state index contributed by atoms with van der Waals surface area (Å²) < 4.78 is 11.9. The Morgan fingerprint density at radius 1 is 1.11 bits per heavy atom. The van der Waals surface area contributed by atoms with Gasteiger partial charge in [0.05, 0.1) is 11.2 Å². The van der Waals surface area contributed by atoms with Crippen LogP contribution in [0.1, 0.15) is 41.0 Å². The highest BCUT2D eigenvalue weighted by Gasteiger charge is 2.51. The molecule has 19 heavy (non-hydrogen) atoms. The largest absolute Gasteiger partial charge is 0.498 e. The third kappa shape index (κ3) is 2.90. The second-order valence-electron chi connectivity index (χ2n) is 5.86. The summed E-state index contributed by atoms with van der Waals surface area (Å²) in [7, 11) is -0.398. The molecule has 1 aromatic rings. The van der Waals surface area contributed by atoms with E-state index in [0.29, 0.717) is 5.95 Å². The Balaban J connectivity index is 2.08. The number of rotatable bonds is 4. The number of anilines is 1. The summed E-state index contributed by atoms with van der Waals surface area (Å²) in [6.07, 6.45) is 4.56. The number of hydrogen-bond donors (Lipinski definition) is 1. The average molecular weight is 263 g/mol. The van der Waals surface area contributed by atoms with E-state index < -0.39 is 7.12 Å². The van der Waals surface area contributed by atoms with Gasteiger partial charge in [-0.2, -0.15) is 0 Å². The van der Waals surface area contributed by atoms with E-state index >= 15 is 0 Å². The van der Waals surface area contributed by atoms with Gasteiger partial charge >= 0.3 is 7.12 Å². The maximum Gasteiger partial charge on any atom is 0.498 e. The number of nitrogens with one attached hydrogen (secondary N) is 1. The Morgan fingerprint density at radius 2 is 1.63 bits per heavy atom. The first-order chi connectivity index (χ1) is 8.86. The fourth-order valence-corrected chi connectivity index (χ4v) is 1.77. The van der Waals surface area contributed by atoms with Crippen molar-refractivity contribution >= 4 is 18.5 Å². The molecule has 0 spiro atoms. The molecule has 0 radical (unpaired) electrons. The molecule has 0 aliphatic carbocycles. The molecule has 0 aromatic carbocycles. The highest BCUT2D eigenvalue weighted by Crippen LogP contribution is 2.36. The highest BCUT2D eigenvalue weighted by molar-refractivity contribution is 6.61. The zero-order chi connectivity index (χ0) is 14.1. The molecular formula is C13H22BN3O2. The van der Waals surface area contributed by atoms with Gasteiger partial charge in [-0.3, -0.25) is 0 Å². The minimum Gasteiger partial charge on any atom is -0.399 e. The van der Waals surface area contributed by atoms with Gasteiger partial charge in [-0.05, 0) is 34.1 Å². The van der Waals surface area contributed by atoms with Crippen LogP contribution in [0.4, 0.5) is 5.95 Å². The van der Waals surface area contributed by atoms with Gasteiger partial charge in [0.1, 0.15) is 0 Å². The molecule has 1 aliphatic heterocycles. The van der Waals surface area contributed by atoms with Gasteiger partial charge in [-0.15, -0.1) is 0 Å². The fourth-order valence-electron chi connectivity index (χ4n) is 1.77. The van der Waals surface area contributed by atoms with Gasteiger partial charge in [0.25, 0.3) is 0 Å². The zero-order valence-corrected chi connectivity index (χ0v) is 12.4. The topological polar surface area (TPSA) is 56.3 Å². The Hall–Kier alpha value is -1.14. The Bertz CT molecular complexity index is 418. The van der Waals surface area contributed by atoms with Crippen molar-refractivity contribution in [3.05, 3.63) is 12.4 Å². The van der Waals surface area contributed by atoms with Gasteiger partial charge in [-0.1, -0.05) is 6.92 Å². The third-order valence-corrected chi connectivity index (χ3v) is 3.73. The summed E-state index contributed by atoms with van der Waals surface area (Å²) in [5.41, 5.74) is 0.175. The molecule has 6 heteroatoms. The first-order valence-electron chi connectivity index (χ1n) is 6.77. The summed E-state index contributed by atoms with van der Waals surface area (Å²) in [5, 5.41) is 3.14. The van der Waals surface area contributed by atoms with Crippen molar-refractivity contribution in [3.8, 4) is 0 Å².